The summed E-state index contributed by atoms with van der Waals surface area (Å²) in [6.07, 6.45) is 1.31. The second-order valence-electron chi connectivity index (χ2n) is 6.03. The molecule has 1 fully saturated rings. The molecule has 9 heteroatoms. The number of rotatable bonds is 3. The van der Waals surface area contributed by atoms with Crippen molar-refractivity contribution in [2.75, 3.05) is 18.0 Å². The molecule has 0 aromatic carbocycles. The topological polar surface area (TPSA) is 63.1 Å². The van der Waals surface area contributed by atoms with Gasteiger partial charge in [-0.2, -0.15) is 18.3 Å². The molecule has 2 aromatic rings. The number of nitrogens with zero attached hydrogens (tertiary/aromatic N) is 4. The number of anilines is 1. The van der Waals surface area contributed by atoms with E-state index in [-0.39, 0.29) is 24.3 Å². The molecule has 25 heavy (non-hydrogen) atoms. The molecule has 0 aliphatic carbocycles. The van der Waals surface area contributed by atoms with Crippen molar-refractivity contribution in [3.8, 4) is 0 Å². The summed E-state index contributed by atoms with van der Waals surface area (Å²) < 4.78 is 41.1. The van der Waals surface area contributed by atoms with Crippen molar-refractivity contribution in [1.29, 1.82) is 0 Å². The predicted molar refractivity (Wildman–Crippen MR) is 85.1 cm³/mol. The number of carbonyl (C=O) groups is 1. The second kappa shape index (κ2) is 6.73. The quantitative estimate of drug-likeness (QED) is 0.919. The molecule has 0 radical (unpaired) electrons. The average molecular weight is 353 g/mol. The van der Waals surface area contributed by atoms with E-state index in [0.717, 1.165) is 6.07 Å². The molecule has 1 N–H and O–H groups in total. The number of piperidine rings is 1. The number of aromatic nitrogens is 3. The van der Waals surface area contributed by atoms with Crippen LogP contribution in [0.3, 0.4) is 0 Å². The maximum atomic E-state index is 13.2. The summed E-state index contributed by atoms with van der Waals surface area (Å²) in [5.74, 6) is -0.368. The van der Waals surface area contributed by atoms with Crippen LogP contribution in [0.15, 0.2) is 30.7 Å². The summed E-state index contributed by atoms with van der Waals surface area (Å²) in [7, 11) is 1.71. The van der Waals surface area contributed by atoms with Gasteiger partial charge in [0.2, 0.25) is 0 Å². The lowest BCUT2D eigenvalue weighted by molar-refractivity contribution is -0.137. The standard InChI is InChI=1S/C16H18F3N5O/c1-23-9-11(8-21-23)15(25)22-12-4-3-7-24(10-12)14-13(16(17,18)19)5-2-6-20-14/h2,5-6,8-9,12H,3-4,7,10H2,1H3,(H,22,25). The van der Waals surface area contributed by atoms with E-state index in [0.29, 0.717) is 24.9 Å². The fourth-order valence-corrected chi connectivity index (χ4v) is 2.96. The molecule has 134 valence electrons. The van der Waals surface area contributed by atoms with E-state index < -0.39 is 11.7 Å². The van der Waals surface area contributed by atoms with Gasteiger partial charge in [0.25, 0.3) is 5.91 Å². The third-order valence-electron chi connectivity index (χ3n) is 4.12. The Labute approximate surface area is 142 Å². The monoisotopic (exact) mass is 353 g/mol. The Kier molecular flexibility index (Phi) is 4.65. The fraction of sp³-hybridized carbons (Fsp3) is 0.438. The normalized spacial score (nSPS) is 18.2. The van der Waals surface area contributed by atoms with Gasteiger partial charge in [0, 0.05) is 38.6 Å². The minimum absolute atomic E-state index is 0.0877. The van der Waals surface area contributed by atoms with E-state index in [9.17, 15) is 18.0 Å². The van der Waals surface area contributed by atoms with Crippen molar-refractivity contribution in [3.05, 3.63) is 41.9 Å². The molecule has 1 saturated heterocycles. The Hall–Kier alpha value is -2.58. The highest BCUT2D eigenvalue weighted by Gasteiger charge is 2.36. The number of carbonyl (C=O) groups excluding carboxylic acids is 1. The molecule has 6 nitrogen and oxygen atoms in total. The lowest BCUT2D eigenvalue weighted by atomic mass is 10.0. The maximum Gasteiger partial charge on any atom is 0.419 e. The second-order valence-corrected chi connectivity index (χ2v) is 6.03. The third kappa shape index (κ3) is 3.92. The molecule has 2 aromatic heterocycles. The third-order valence-corrected chi connectivity index (χ3v) is 4.12. The number of aryl methyl sites for hydroxylation is 1. The summed E-state index contributed by atoms with van der Waals surface area (Å²) in [4.78, 5) is 17.7. The molecule has 1 amide bonds. The number of amides is 1. The largest absolute Gasteiger partial charge is 0.419 e. The van der Waals surface area contributed by atoms with Gasteiger partial charge in [-0.25, -0.2) is 4.98 Å². The lowest BCUT2D eigenvalue weighted by Gasteiger charge is -2.35. The van der Waals surface area contributed by atoms with Crippen LogP contribution in [0.5, 0.6) is 0 Å². The molecule has 1 aliphatic heterocycles. The predicted octanol–water partition coefficient (Wildman–Crippen LogP) is 2.23. The number of halogens is 3. The minimum atomic E-state index is -4.46. The molecule has 1 aliphatic rings. The fourth-order valence-electron chi connectivity index (χ4n) is 2.96. The summed E-state index contributed by atoms with van der Waals surface area (Å²) in [5.41, 5.74) is -0.331. The number of pyridine rings is 1. The highest BCUT2D eigenvalue weighted by atomic mass is 19.4. The molecular weight excluding hydrogens is 335 g/mol. The van der Waals surface area contributed by atoms with E-state index in [4.69, 9.17) is 0 Å². The highest BCUT2D eigenvalue weighted by molar-refractivity contribution is 5.93. The number of hydrogen-bond donors (Lipinski definition) is 1. The Morgan fingerprint density at radius 3 is 2.88 bits per heavy atom. The van der Waals surface area contributed by atoms with Crippen molar-refractivity contribution >= 4 is 11.7 Å². The van der Waals surface area contributed by atoms with E-state index >= 15 is 0 Å². The van der Waals surface area contributed by atoms with Crippen molar-refractivity contribution in [2.24, 2.45) is 7.05 Å². The molecule has 1 atom stereocenters. The van der Waals surface area contributed by atoms with Gasteiger partial charge in [-0.05, 0) is 25.0 Å². The molecule has 0 spiro atoms. The first-order chi connectivity index (χ1) is 11.8. The van der Waals surface area contributed by atoms with Crippen LogP contribution in [0.25, 0.3) is 0 Å². The summed E-state index contributed by atoms with van der Waals surface area (Å²) in [6, 6.07) is 2.06. The summed E-state index contributed by atoms with van der Waals surface area (Å²) in [5, 5.41) is 6.81. The number of alkyl halides is 3. The van der Waals surface area contributed by atoms with Gasteiger partial charge >= 0.3 is 6.18 Å². The van der Waals surface area contributed by atoms with E-state index in [2.05, 4.69) is 15.4 Å². The zero-order chi connectivity index (χ0) is 18.0. The summed E-state index contributed by atoms with van der Waals surface area (Å²) >= 11 is 0. The Morgan fingerprint density at radius 2 is 2.20 bits per heavy atom. The zero-order valence-corrected chi connectivity index (χ0v) is 13.6. The maximum absolute atomic E-state index is 13.2. The van der Waals surface area contributed by atoms with Gasteiger partial charge < -0.3 is 10.2 Å². The zero-order valence-electron chi connectivity index (χ0n) is 13.6. The SMILES string of the molecule is Cn1cc(C(=O)NC2CCCN(c3ncccc3C(F)(F)F)C2)cn1. The van der Waals surface area contributed by atoms with Crippen LogP contribution >= 0.6 is 0 Å². The number of nitrogens with one attached hydrogen (secondary N) is 1. The van der Waals surface area contributed by atoms with Crippen LogP contribution in [0.2, 0.25) is 0 Å². The van der Waals surface area contributed by atoms with Crippen LogP contribution < -0.4 is 10.2 Å². The molecule has 0 saturated carbocycles. The molecule has 0 bridgehead atoms. The highest BCUT2D eigenvalue weighted by Crippen LogP contribution is 2.35. The lowest BCUT2D eigenvalue weighted by Crippen LogP contribution is -2.48. The molecule has 3 rings (SSSR count). The van der Waals surface area contributed by atoms with E-state index in [1.54, 1.807) is 18.1 Å². The Balaban J connectivity index is 1.73. The van der Waals surface area contributed by atoms with Crippen LogP contribution in [-0.4, -0.2) is 39.8 Å². The first-order valence-electron chi connectivity index (χ1n) is 7.91. The van der Waals surface area contributed by atoms with Crippen LogP contribution in [-0.2, 0) is 13.2 Å². The van der Waals surface area contributed by atoms with Gasteiger partial charge in [0.1, 0.15) is 5.82 Å². The first-order valence-corrected chi connectivity index (χ1v) is 7.91. The minimum Gasteiger partial charge on any atom is -0.354 e. The Morgan fingerprint density at radius 1 is 1.40 bits per heavy atom. The average Bonchev–Trinajstić information content (AvgIpc) is 3.01. The van der Waals surface area contributed by atoms with Gasteiger partial charge in [-0.1, -0.05) is 0 Å². The van der Waals surface area contributed by atoms with Crippen molar-refractivity contribution in [1.82, 2.24) is 20.1 Å². The van der Waals surface area contributed by atoms with Gasteiger partial charge in [0.05, 0.1) is 17.3 Å². The van der Waals surface area contributed by atoms with Crippen molar-refractivity contribution in [3.63, 3.8) is 0 Å². The Bertz CT molecular complexity index is 758. The molecule has 3 heterocycles. The van der Waals surface area contributed by atoms with Crippen molar-refractivity contribution in [2.45, 2.75) is 25.1 Å². The van der Waals surface area contributed by atoms with Gasteiger partial charge in [0.15, 0.2) is 0 Å². The van der Waals surface area contributed by atoms with E-state index in [1.807, 2.05) is 0 Å². The smallest absolute Gasteiger partial charge is 0.354 e. The van der Waals surface area contributed by atoms with Gasteiger partial charge in [-0.15, -0.1) is 0 Å². The first kappa shape index (κ1) is 17.2. The van der Waals surface area contributed by atoms with E-state index in [1.165, 1.54) is 23.1 Å². The van der Waals surface area contributed by atoms with Gasteiger partial charge in [-0.3, -0.25) is 9.48 Å². The molecular formula is C16H18F3N5O. The summed E-state index contributed by atoms with van der Waals surface area (Å²) in [6.45, 7) is 0.755. The van der Waals surface area contributed by atoms with Crippen LogP contribution in [0.4, 0.5) is 19.0 Å². The van der Waals surface area contributed by atoms with Crippen LogP contribution in [0, 0.1) is 0 Å². The molecule has 1 unspecified atom stereocenters. The van der Waals surface area contributed by atoms with Crippen LogP contribution in [0.1, 0.15) is 28.8 Å². The number of hydrogen-bond acceptors (Lipinski definition) is 4. The van der Waals surface area contributed by atoms with Crippen molar-refractivity contribution < 1.29 is 18.0 Å².